The summed E-state index contributed by atoms with van der Waals surface area (Å²) in [6, 6.07) is 2.38. The van der Waals surface area contributed by atoms with Gasteiger partial charge in [-0.3, -0.25) is 9.59 Å². The molecule has 45 heavy (non-hydrogen) atoms. The topological polar surface area (TPSA) is 113 Å². The molecule has 1 N–H and O–H groups in total. The zero-order valence-electron chi connectivity index (χ0n) is 26.3. The molecule has 11 nitrogen and oxygen atoms in total. The molecule has 1 aliphatic heterocycles. The smallest absolute Gasteiger partial charge is 0.416 e. The Balaban J connectivity index is 1.75. The molecule has 2 amide bonds. The molecule has 1 unspecified atom stereocenters. The van der Waals surface area contributed by atoms with E-state index >= 15 is 0 Å². The van der Waals surface area contributed by atoms with E-state index < -0.39 is 29.3 Å². The number of ether oxygens (including phenoxy) is 1. The van der Waals surface area contributed by atoms with Crippen LogP contribution in [0.15, 0.2) is 29.2 Å². The van der Waals surface area contributed by atoms with Gasteiger partial charge in [0.05, 0.1) is 22.5 Å². The van der Waals surface area contributed by atoms with Crippen LogP contribution in [0.2, 0.25) is 5.02 Å². The quantitative estimate of drug-likeness (QED) is 0.388. The van der Waals surface area contributed by atoms with Gasteiger partial charge in [-0.25, -0.2) is 14.8 Å². The number of pyridine rings is 1. The van der Waals surface area contributed by atoms with Gasteiger partial charge >= 0.3 is 12.3 Å². The number of halogens is 4. The van der Waals surface area contributed by atoms with E-state index in [0.29, 0.717) is 43.3 Å². The third-order valence-corrected chi connectivity index (χ3v) is 7.57. The highest BCUT2D eigenvalue weighted by atomic mass is 35.5. The maximum Gasteiger partial charge on any atom is 0.416 e. The van der Waals surface area contributed by atoms with E-state index in [-0.39, 0.29) is 39.9 Å². The molecule has 1 atom stereocenters. The number of nitrogens with one attached hydrogen (secondary N) is 1. The summed E-state index contributed by atoms with van der Waals surface area (Å²) in [7, 11) is 3.52. The average Bonchev–Trinajstić information content (AvgIpc) is 2.93. The minimum Gasteiger partial charge on any atom is -0.444 e. The second kappa shape index (κ2) is 12.7. The van der Waals surface area contributed by atoms with Gasteiger partial charge in [-0.1, -0.05) is 18.5 Å². The lowest BCUT2D eigenvalue weighted by molar-refractivity contribution is -0.137. The Kier molecular flexibility index (Phi) is 9.57. The van der Waals surface area contributed by atoms with Gasteiger partial charge in [0.15, 0.2) is 11.2 Å². The van der Waals surface area contributed by atoms with Crippen LogP contribution in [-0.2, 0) is 28.7 Å². The van der Waals surface area contributed by atoms with Crippen LogP contribution in [0, 0.1) is 0 Å². The molecule has 1 aromatic carbocycles. The lowest BCUT2D eigenvalue weighted by Gasteiger charge is -2.42. The highest BCUT2D eigenvalue weighted by Crippen LogP contribution is 2.34. The number of aromatic nitrogens is 3. The monoisotopic (exact) mass is 651 g/mol. The standard InChI is InChI=1S/C30H37ClF3N7O4/c1-8-21-25(40-12-11-39(15-17(40)2)28(44)45-29(3,4)5)26(43)24-27(35-14-22(37-24)38(6)7)41(21)16-23(42)36-20-10-9-18(13-19(20)31)30(32,33)34/h9-10,13-14,17H,8,11-12,15-16H2,1-7H3,(H,36,42). The number of nitrogens with zero attached hydrogens (tertiary/aromatic N) is 6. The van der Waals surface area contributed by atoms with Gasteiger partial charge < -0.3 is 29.3 Å². The Bertz CT molecular complexity index is 1670. The molecule has 244 valence electrons. The lowest BCUT2D eigenvalue weighted by Crippen LogP contribution is -2.56. The fourth-order valence-corrected chi connectivity index (χ4v) is 5.40. The van der Waals surface area contributed by atoms with Crippen molar-refractivity contribution in [1.29, 1.82) is 0 Å². The second-order valence-corrected chi connectivity index (χ2v) is 12.5. The predicted molar refractivity (Wildman–Crippen MR) is 167 cm³/mol. The van der Waals surface area contributed by atoms with E-state index in [1.54, 1.807) is 49.2 Å². The minimum absolute atomic E-state index is 0.00570. The number of carbonyl (C=O) groups is 2. The molecule has 1 aliphatic rings. The largest absolute Gasteiger partial charge is 0.444 e. The fraction of sp³-hybridized carbons (Fsp3) is 0.500. The number of amides is 2. The van der Waals surface area contributed by atoms with Crippen molar-refractivity contribution < 1.29 is 27.5 Å². The first-order valence-electron chi connectivity index (χ1n) is 14.4. The van der Waals surface area contributed by atoms with Crippen molar-refractivity contribution in [3.8, 4) is 0 Å². The van der Waals surface area contributed by atoms with Crippen molar-refractivity contribution in [2.75, 3.05) is 48.8 Å². The lowest BCUT2D eigenvalue weighted by atomic mass is 10.1. The van der Waals surface area contributed by atoms with Crippen LogP contribution in [0.25, 0.3) is 11.2 Å². The Morgan fingerprint density at radius 3 is 2.42 bits per heavy atom. The molecule has 1 saturated heterocycles. The van der Waals surface area contributed by atoms with Crippen molar-refractivity contribution in [3.63, 3.8) is 0 Å². The number of anilines is 3. The van der Waals surface area contributed by atoms with Gasteiger partial charge in [0.1, 0.15) is 23.7 Å². The number of hydrogen-bond donors (Lipinski definition) is 1. The number of hydrogen-bond acceptors (Lipinski definition) is 8. The molecule has 3 heterocycles. The van der Waals surface area contributed by atoms with Crippen LogP contribution in [0.4, 0.5) is 35.2 Å². The zero-order chi connectivity index (χ0) is 33.4. The maximum absolute atomic E-state index is 14.1. The Morgan fingerprint density at radius 1 is 1.18 bits per heavy atom. The van der Waals surface area contributed by atoms with Crippen LogP contribution in [-0.4, -0.2) is 76.8 Å². The zero-order valence-corrected chi connectivity index (χ0v) is 27.0. The summed E-state index contributed by atoms with van der Waals surface area (Å²) in [5.74, 6) is -0.159. The summed E-state index contributed by atoms with van der Waals surface area (Å²) in [5.41, 5.74) is -0.868. The summed E-state index contributed by atoms with van der Waals surface area (Å²) in [6.07, 6.45) is -3.21. The van der Waals surface area contributed by atoms with E-state index in [1.807, 2.05) is 18.7 Å². The first-order valence-corrected chi connectivity index (χ1v) is 14.8. The predicted octanol–water partition coefficient (Wildman–Crippen LogP) is 5.18. The third-order valence-electron chi connectivity index (χ3n) is 7.26. The van der Waals surface area contributed by atoms with Gasteiger partial charge in [-0.2, -0.15) is 13.2 Å². The average molecular weight is 652 g/mol. The van der Waals surface area contributed by atoms with Crippen molar-refractivity contribution in [3.05, 3.63) is 50.9 Å². The number of rotatable bonds is 6. The highest BCUT2D eigenvalue weighted by Gasteiger charge is 2.34. The van der Waals surface area contributed by atoms with E-state index in [1.165, 1.54) is 6.20 Å². The first kappa shape index (κ1) is 33.8. The Labute approximate surface area is 263 Å². The van der Waals surface area contributed by atoms with Crippen LogP contribution in [0.3, 0.4) is 0 Å². The number of benzene rings is 1. The third kappa shape index (κ3) is 7.43. The van der Waals surface area contributed by atoms with Gasteiger partial charge in [-0.05, 0) is 52.3 Å². The van der Waals surface area contributed by atoms with Crippen LogP contribution in [0.5, 0.6) is 0 Å². The van der Waals surface area contributed by atoms with Gasteiger partial charge in [0, 0.05) is 45.5 Å². The molecule has 3 aromatic rings. The van der Waals surface area contributed by atoms with Crippen LogP contribution < -0.4 is 20.5 Å². The summed E-state index contributed by atoms with van der Waals surface area (Å²) >= 11 is 6.08. The van der Waals surface area contributed by atoms with Crippen molar-refractivity contribution in [2.45, 2.75) is 65.4 Å². The summed E-state index contributed by atoms with van der Waals surface area (Å²) in [4.78, 5) is 54.5. The fourth-order valence-electron chi connectivity index (χ4n) is 5.17. The highest BCUT2D eigenvalue weighted by molar-refractivity contribution is 6.33. The van der Waals surface area contributed by atoms with Crippen LogP contribution >= 0.6 is 11.6 Å². The molecule has 15 heteroatoms. The van der Waals surface area contributed by atoms with E-state index in [2.05, 4.69) is 15.3 Å². The van der Waals surface area contributed by atoms with Gasteiger partial charge in [-0.15, -0.1) is 0 Å². The molecule has 0 bridgehead atoms. The molecule has 0 saturated carbocycles. The number of fused-ring (bicyclic) bond motifs is 1. The van der Waals surface area contributed by atoms with Gasteiger partial charge in [0.2, 0.25) is 11.3 Å². The van der Waals surface area contributed by atoms with E-state index in [9.17, 15) is 27.6 Å². The molecule has 0 aliphatic carbocycles. The minimum atomic E-state index is -4.59. The van der Waals surface area contributed by atoms with Gasteiger partial charge in [0.25, 0.3) is 0 Å². The molecular formula is C30H37ClF3N7O4. The normalized spacial score (nSPS) is 15.8. The Hall–Kier alpha value is -4.07. The first-order chi connectivity index (χ1) is 20.9. The van der Waals surface area contributed by atoms with Crippen LogP contribution in [0.1, 0.15) is 45.9 Å². The molecule has 0 radical (unpaired) electrons. The summed E-state index contributed by atoms with van der Waals surface area (Å²) in [5, 5.41) is 2.31. The van der Waals surface area contributed by atoms with E-state index in [0.717, 1.165) is 18.2 Å². The molecule has 4 rings (SSSR count). The number of alkyl halides is 3. The molecule has 0 spiro atoms. The van der Waals surface area contributed by atoms with Crippen molar-refractivity contribution in [2.24, 2.45) is 0 Å². The SMILES string of the molecule is CCc1c(N2CCN(C(=O)OC(C)(C)C)CC2C)c(=O)c2nc(N(C)C)cnc2n1CC(=O)Nc1ccc(C(F)(F)F)cc1Cl. The maximum atomic E-state index is 14.1. The second-order valence-electron chi connectivity index (χ2n) is 12.1. The molecular weight excluding hydrogens is 615 g/mol. The Morgan fingerprint density at radius 2 is 1.87 bits per heavy atom. The van der Waals surface area contributed by atoms with Crippen molar-refractivity contribution in [1.82, 2.24) is 19.4 Å². The molecule has 1 fully saturated rings. The number of carbonyl (C=O) groups excluding carboxylic acids is 2. The van der Waals surface area contributed by atoms with Crippen molar-refractivity contribution >= 4 is 52.0 Å². The summed E-state index contributed by atoms with van der Waals surface area (Å²) < 4.78 is 46.5. The number of piperazine rings is 1. The molecule has 2 aromatic heterocycles. The van der Waals surface area contributed by atoms with E-state index in [4.69, 9.17) is 16.3 Å². The summed E-state index contributed by atoms with van der Waals surface area (Å²) in [6.45, 7) is 9.71.